The standard InChI is InChI=1S/C23H28ClN5O4/c1-3-5-13-28(20-21(25)29(12-4-2)23(32)27-22(20)31)19(30)11-10-18-26-14-17(33-18)15-6-8-16(24)9-7-15/h6-9,14H,3-5,10-13,25H2,1-2H3,(H,27,31,32). The smallest absolute Gasteiger partial charge is 0.330 e. The molecule has 0 saturated carbocycles. The monoisotopic (exact) mass is 473 g/mol. The minimum Gasteiger partial charge on any atom is -0.441 e. The zero-order valence-corrected chi connectivity index (χ0v) is 19.5. The van der Waals surface area contributed by atoms with Crippen molar-refractivity contribution in [2.75, 3.05) is 17.2 Å². The number of carbonyl (C=O) groups excluding carboxylic acids is 1. The van der Waals surface area contributed by atoms with E-state index in [2.05, 4.69) is 9.97 Å². The van der Waals surface area contributed by atoms with Crippen molar-refractivity contribution in [1.82, 2.24) is 14.5 Å². The Morgan fingerprint density at radius 3 is 2.61 bits per heavy atom. The van der Waals surface area contributed by atoms with Crippen LogP contribution < -0.4 is 21.9 Å². The number of hydrogen-bond donors (Lipinski definition) is 2. The minimum atomic E-state index is -0.671. The van der Waals surface area contributed by atoms with E-state index in [9.17, 15) is 14.4 Å². The molecule has 0 aliphatic rings. The Morgan fingerprint density at radius 2 is 1.94 bits per heavy atom. The van der Waals surface area contributed by atoms with Crippen LogP contribution in [-0.4, -0.2) is 27.0 Å². The number of halogens is 1. The van der Waals surface area contributed by atoms with Gasteiger partial charge < -0.3 is 15.1 Å². The Kier molecular flexibility index (Phi) is 8.11. The van der Waals surface area contributed by atoms with Crippen molar-refractivity contribution in [3.05, 3.63) is 62.2 Å². The van der Waals surface area contributed by atoms with Gasteiger partial charge in [-0.15, -0.1) is 0 Å². The van der Waals surface area contributed by atoms with E-state index in [-0.39, 0.29) is 30.3 Å². The minimum absolute atomic E-state index is 0.00352. The molecule has 3 N–H and O–H groups in total. The SMILES string of the molecule is CCCCN(C(=O)CCc1ncc(-c2ccc(Cl)cc2)o1)c1c(N)n(CCC)c(=O)[nH]c1=O. The van der Waals surface area contributed by atoms with Crippen molar-refractivity contribution in [1.29, 1.82) is 0 Å². The number of nitrogens with one attached hydrogen (secondary N) is 1. The van der Waals surface area contributed by atoms with Crippen LogP contribution in [0.1, 0.15) is 45.4 Å². The second-order valence-electron chi connectivity index (χ2n) is 7.67. The number of nitrogen functional groups attached to an aromatic ring is 1. The first-order chi connectivity index (χ1) is 15.8. The zero-order valence-electron chi connectivity index (χ0n) is 18.8. The van der Waals surface area contributed by atoms with E-state index in [1.54, 1.807) is 18.3 Å². The van der Waals surface area contributed by atoms with Crippen molar-refractivity contribution in [3.63, 3.8) is 0 Å². The first kappa shape index (κ1) is 24.3. The highest BCUT2D eigenvalue weighted by Gasteiger charge is 2.24. The molecular weight excluding hydrogens is 446 g/mol. The number of aryl methyl sites for hydroxylation is 1. The summed E-state index contributed by atoms with van der Waals surface area (Å²) in [7, 11) is 0. The number of unbranched alkanes of at least 4 members (excludes halogenated alkanes) is 1. The summed E-state index contributed by atoms with van der Waals surface area (Å²) >= 11 is 5.92. The Labute approximate surface area is 196 Å². The first-order valence-electron chi connectivity index (χ1n) is 11.0. The van der Waals surface area contributed by atoms with Gasteiger partial charge in [-0.3, -0.25) is 19.1 Å². The number of rotatable bonds is 10. The average molecular weight is 474 g/mol. The molecule has 0 aliphatic heterocycles. The maximum atomic E-state index is 13.1. The van der Waals surface area contributed by atoms with Crippen LogP contribution in [0.25, 0.3) is 11.3 Å². The van der Waals surface area contributed by atoms with Crippen LogP contribution >= 0.6 is 11.6 Å². The van der Waals surface area contributed by atoms with Crippen LogP contribution in [0.5, 0.6) is 0 Å². The van der Waals surface area contributed by atoms with Crippen LogP contribution in [0.2, 0.25) is 5.02 Å². The molecule has 1 amide bonds. The number of aromatic nitrogens is 3. The molecule has 2 aromatic heterocycles. The molecule has 1 aromatic carbocycles. The Balaban J connectivity index is 1.81. The zero-order chi connectivity index (χ0) is 24.0. The Morgan fingerprint density at radius 1 is 1.21 bits per heavy atom. The normalized spacial score (nSPS) is 11.0. The second-order valence-corrected chi connectivity index (χ2v) is 8.11. The summed E-state index contributed by atoms with van der Waals surface area (Å²) in [4.78, 5) is 45.8. The number of H-pyrrole nitrogens is 1. The van der Waals surface area contributed by atoms with E-state index < -0.39 is 11.2 Å². The highest BCUT2D eigenvalue weighted by molar-refractivity contribution is 6.30. The molecule has 0 aliphatic carbocycles. The molecule has 0 atom stereocenters. The van der Waals surface area contributed by atoms with Gasteiger partial charge in [-0.2, -0.15) is 0 Å². The maximum Gasteiger partial charge on any atom is 0.330 e. The Hall–Kier alpha value is -3.33. The number of aromatic amines is 1. The molecule has 0 saturated heterocycles. The molecule has 176 valence electrons. The lowest BCUT2D eigenvalue weighted by Crippen LogP contribution is -2.41. The van der Waals surface area contributed by atoms with Crippen LogP contribution in [0.4, 0.5) is 11.5 Å². The largest absolute Gasteiger partial charge is 0.441 e. The van der Waals surface area contributed by atoms with Crippen LogP contribution in [0.3, 0.4) is 0 Å². The maximum absolute atomic E-state index is 13.1. The highest BCUT2D eigenvalue weighted by atomic mass is 35.5. The third-order valence-electron chi connectivity index (χ3n) is 5.20. The summed E-state index contributed by atoms with van der Waals surface area (Å²) in [6, 6.07) is 7.16. The molecule has 3 rings (SSSR count). The molecule has 10 heteroatoms. The van der Waals surface area contributed by atoms with E-state index in [0.717, 1.165) is 12.0 Å². The van der Waals surface area contributed by atoms with E-state index in [1.165, 1.54) is 9.47 Å². The fourth-order valence-electron chi connectivity index (χ4n) is 3.48. The van der Waals surface area contributed by atoms with Crippen molar-refractivity contribution in [2.45, 2.75) is 52.5 Å². The summed E-state index contributed by atoms with van der Waals surface area (Å²) in [6.07, 6.45) is 4.06. The summed E-state index contributed by atoms with van der Waals surface area (Å²) in [5, 5.41) is 0.621. The third kappa shape index (κ3) is 5.73. The van der Waals surface area contributed by atoms with Crippen LogP contribution in [0, 0.1) is 0 Å². The van der Waals surface area contributed by atoms with Gasteiger partial charge in [0.05, 0.1) is 6.20 Å². The summed E-state index contributed by atoms with van der Waals surface area (Å²) in [5.41, 5.74) is 5.76. The van der Waals surface area contributed by atoms with Gasteiger partial charge in [-0.25, -0.2) is 9.78 Å². The number of carbonyl (C=O) groups is 1. The molecule has 0 spiro atoms. The van der Waals surface area contributed by atoms with E-state index in [4.69, 9.17) is 21.8 Å². The Bertz CT molecular complexity index is 1210. The molecule has 0 unspecified atom stereocenters. The fraction of sp³-hybridized carbons (Fsp3) is 0.391. The molecule has 9 nitrogen and oxygen atoms in total. The number of amides is 1. The fourth-order valence-corrected chi connectivity index (χ4v) is 3.61. The lowest BCUT2D eigenvalue weighted by Gasteiger charge is -2.24. The van der Waals surface area contributed by atoms with Gasteiger partial charge in [-0.1, -0.05) is 31.9 Å². The van der Waals surface area contributed by atoms with Gasteiger partial charge in [0, 0.05) is 36.5 Å². The predicted molar refractivity (Wildman–Crippen MR) is 129 cm³/mol. The summed E-state index contributed by atoms with van der Waals surface area (Å²) in [6.45, 7) is 4.53. The van der Waals surface area contributed by atoms with E-state index in [1.807, 2.05) is 26.0 Å². The van der Waals surface area contributed by atoms with Crippen molar-refractivity contribution in [3.8, 4) is 11.3 Å². The van der Waals surface area contributed by atoms with Crippen molar-refractivity contribution < 1.29 is 9.21 Å². The number of hydrogen-bond acceptors (Lipinski definition) is 6. The van der Waals surface area contributed by atoms with Crippen LogP contribution in [0.15, 0.2) is 44.5 Å². The van der Waals surface area contributed by atoms with Crippen molar-refractivity contribution in [2.24, 2.45) is 0 Å². The van der Waals surface area contributed by atoms with Gasteiger partial charge in [0.2, 0.25) is 5.91 Å². The van der Waals surface area contributed by atoms with Gasteiger partial charge in [0.25, 0.3) is 5.56 Å². The number of oxazole rings is 1. The lowest BCUT2D eigenvalue weighted by atomic mass is 10.2. The molecule has 3 aromatic rings. The van der Waals surface area contributed by atoms with Gasteiger partial charge in [0.1, 0.15) is 5.82 Å². The van der Waals surface area contributed by atoms with Gasteiger partial charge in [0.15, 0.2) is 17.3 Å². The summed E-state index contributed by atoms with van der Waals surface area (Å²) < 4.78 is 7.06. The number of anilines is 2. The summed E-state index contributed by atoms with van der Waals surface area (Å²) in [5.74, 6) is 0.677. The lowest BCUT2D eigenvalue weighted by molar-refractivity contribution is -0.118. The third-order valence-corrected chi connectivity index (χ3v) is 5.45. The second kappa shape index (κ2) is 11.0. The van der Waals surface area contributed by atoms with Crippen LogP contribution in [-0.2, 0) is 17.8 Å². The van der Waals surface area contributed by atoms with Crippen molar-refractivity contribution >= 4 is 29.0 Å². The molecule has 0 bridgehead atoms. The quantitative estimate of drug-likeness (QED) is 0.463. The molecule has 0 fully saturated rings. The molecule has 33 heavy (non-hydrogen) atoms. The molecular formula is C23H28ClN5O4. The number of nitrogens with zero attached hydrogens (tertiary/aromatic N) is 3. The highest BCUT2D eigenvalue weighted by Crippen LogP contribution is 2.23. The van der Waals surface area contributed by atoms with Gasteiger partial charge in [-0.05, 0) is 37.1 Å². The first-order valence-corrected chi connectivity index (χ1v) is 11.4. The topological polar surface area (TPSA) is 127 Å². The molecule has 0 radical (unpaired) electrons. The van der Waals surface area contributed by atoms with E-state index >= 15 is 0 Å². The number of benzene rings is 1. The number of nitrogens with two attached hydrogens (primary N) is 1. The van der Waals surface area contributed by atoms with Gasteiger partial charge >= 0.3 is 5.69 Å². The average Bonchev–Trinajstić information content (AvgIpc) is 3.26. The molecule has 2 heterocycles. The predicted octanol–water partition coefficient (Wildman–Crippen LogP) is 3.60. The van der Waals surface area contributed by atoms with E-state index in [0.29, 0.717) is 42.6 Å².